The molecule has 1 aromatic heterocycles. The van der Waals surface area contributed by atoms with Crippen molar-refractivity contribution < 1.29 is 9.66 Å². The van der Waals surface area contributed by atoms with Crippen LogP contribution < -0.4 is 10.5 Å². The number of aryl methyl sites for hydroxylation is 1. The van der Waals surface area contributed by atoms with Crippen molar-refractivity contribution in [3.63, 3.8) is 0 Å². The fourth-order valence-electron chi connectivity index (χ4n) is 2.15. The Kier molecular flexibility index (Phi) is 4.10. The van der Waals surface area contributed by atoms with Crippen LogP contribution in [-0.4, -0.2) is 46.0 Å². The lowest BCUT2D eigenvalue weighted by Gasteiger charge is -2.14. The zero-order valence-corrected chi connectivity index (χ0v) is 10.8. The molecule has 1 aliphatic heterocycles. The summed E-state index contributed by atoms with van der Waals surface area (Å²) in [5, 5.41) is 11.0. The number of hydrogen-bond donors (Lipinski definition) is 1. The first-order chi connectivity index (χ1) is 9.08. The highest BCUT2D eigenvalue weighted by molar-refractivity contribution is 5.47. The van der Waals surface area contributed by atoms with Crippen molar-refractivity contribution >= 4 is 11.6 Å². The van der Waals surface area contributed by atoms with Crippen molar-refractivity contribution in [1.82, 2.24) is 14.9 Å². The average molecular weight is 267 g/mol. The van der Waals surface area contributed by atoms with E-state index < -0.39 is 4.92 Å². The monoisotopic (exact) mass is 267 g/mol. The van der Waals surface area contributed by atoms with E-state index in [-0.39, 0.29) is 23.2 Å². The summed E-state index contributed by atoms with van der Waals surface area (Å²) in [6.07, 6.45) is 2.39. The number of anilines is 1. The standard InChI is InChI=1S/C11H17N5O3/c1-8-9(16(17)18)10(14-11(12)13-8)19-7-6-15-4-2-3-5-15/h2-7H2,1H3,(H2,12,13,14). The van der Waals surface area contributed by atoms with Gasteiger partial charge in [0.2, 0.25) is 5.95 Å². The molecule has 104 valence electrons. The topological polar surface area (TPSA) is 107 Å². The smallest absolute Gasteiger partial charge is 0.352 e. The van der Waals surface area contributed by atoms with Crippen LogP contribution in [-0.2, 0) is 0 Å². The molecular formula is C11H17N5O3. The van der Waals surface area contributed by atoms with Crippen LogP contribution in [0.1, 0.15) is 18.5 Å². The van der Waals surface area contributed by atoms with Gasteiger partial charge in [0, 0.05) is 6.54 Å². The molecular weight excluding hydrogens is 250 g/mol. The summed E-state index contributed by atoms with van der Waals surface area (Å²) in [5.74, 6) is -0.0616. The van der Waals surface area contributed by atoms with Crippen LogP contribution >= 0.6 is 0 Å². The van der Waals surface area contributed by atoms with Crippen LogP contribution in [0.2, 0.25) is 0 Å². The second-order valence-corrected chi connectivity index (χ2v) is 4.48. The molecule has 0 aliphatic carbocycles. The molecule has 2 heterocycles. The predicted octanol–water partition coefficient (Wildman–Crippen LogP) is 0.750. The molecule has 1 fully saturated rings. The maximum Gasteiger partial charge on any atom is 0.352 e. The van der Waals surface area contributed by atoms with Gasteiger partial charge in [-0.3, -0.25) is 15.0 Å². The SMILES string of the molecule is Cc1nc(N)nc(OCCN2CCCC2)c1[N+](=O)[O-]. The van der Waals surface area contributed by atoms with Gasteiger partial charge in [0.05, 0.1) is 4.92 Å². The van der Waals surface area contributed by atoms with Gasteiger partial charge in [-0.2, -0.15) is 4.98 Å². The zero-order chi connectivity index (χ0) is 13.8. The van der Waals surface area contributed by atoms with Crippen molar-refractivity contribution in [3.05, 3.63) is 15.8 Å². The number of aromatic nitrogens is 2. The van der Waals surface area contributed by atoms with Gasteiger partial charge >= 0.3 is 5.69 Å². The molecule has 0 spiro atoms. The van der Waals surface area contributed by atoms with Crippen molar-refractivity contribution in [1.29, 1.82) is 0 Å². The summed E-state index contributed by atoms with van der Waals surface area (Å²) in [4.78, 5) is 20.3. The number of hydrogen-bond acceptors (Lipinski definition) is 7. The van der Waals surface area contributed by atoms with E-state index in [1.807, 2.05) is 0 Å². The highest BCUT2D eigenvalue weighted by Gasteiger charge is 2.23. The van der Waals surface area contributed by atoms with E-state index in [9.17, 15) is 10.1 Å². The fraction of sp³-hybridized carbons (Fsp3) is 0.636. The van der Waals surface area contributed by atoms with Gasteiger partial charge in [0.1, 0.15) is 12.3 Å². The Bertz CT molecular complexity index is 474. The molecule has 2 rings (SSSR count). The quantitative estimate of drug-likeness (QED) is 0.619. The van der Waals surface area contributed by atoms with Crippen LogP contribution in [0.15, 0.2) is 0 Å². The molecule has 0 aromatic carbocycles. The van der Waals surface area contributed by atoms with E-state index in [1.165, 1.54) is 19.8 Å². The Morgan fingerprint density at radius 1 is 1.42 bits per heavy atom. The lowest BCUT2D eigenvalue weighted by Crippen LogP contribution is -2.25. The van der Waals surface area contributed by atoms with Gasteiger partial charge in [-0.05, 0) is 32.9 Å². The van der Waals surface area contributed by atoms with Crippen LogP contribution in [0, 0.1) is 17.0 Å². The molecule has 0 atom stereocenters. The molecule has 2 N–H and O–H groups in total. The molecule has 19 heavy (non-hydrogen) atoms. The van der Waals surface area contributed by atoms with E-state index in [4.69, 9.17) is 10.5 Å². The van der Waals surface area contributed by atoms with Crippen LogP contribution in [0.5, 0.6) is 5.88 Å². The maximum absolute atomic E-state index is 11.0. The summed E-state index contributed by atoms with van der Waals surface area (Å²) in [6, 6.07) is 0. The first kappa shape index (κ1) is 13.5. The normalized spacial score (nSPS) is 15.6. The minimum atomic E-state index is -0.542. The Hall–Kier alpha value is -1.96. The Morgan fingerprint density at radius 2 is 2.11 bits per heavy atom. The molecule has 1 aromatic rings. The number of nitrogen functional groups attached to an aromatic ring is 1. The van der Waals surface area contributed by atoms with Crippen LogP contribution in [0.4, 0.5) is 11.6 Å². The number of nitrogens with zero attached hydrogens (tertiary/aromatic N) is 4. The molecule has 8 heteroatoms. The first-order valence-corrected chi connectivity index (χ1v) is 6.21. The average Bonchev–Trinajstić information content (AvgIpc) is 2.80. The number of nitro groups is 1. The highest BCUT2D eigenvalue weighted by Crippen LogP contribution is 2.27. The first-order valence-electron chi connectivity index (χ1n) is 6.21. The van der Waals surface area contributed by atoms with Crippen molar-refractivity contribution in [3.8, 4) is 5.88 Å². The van der Waals surface area contributed by atoms with Gasteiger partial charge in [-0.15, -0.1) is 0 Å². The van der Waals surface area contributed by atoms with Gasteiger partial charge in [0.25, 0.3) is 5.88 Å². The molecule has 8 nitrogen and oxygen atoms in total. The summed E-state index contributed by atoms with van der Waals surface area (Å²) in [6.45, 7) is 4.72. The van der Waals surface area contributed by atoms with E-state index in [0.717, 1.165) is 19.6 Å². The van der Waals surface area contributed by atoms with Crippen molar-refractivity contribution in [2.75, 3.05) is 32.0 Å². The minimum absolute atomic E-state index is 0.0146. The summed E-state index contributed by atoms with van der Waals surface area (Å²) in [7, 11) is 0. The Morgan fingerprint density at radius 3 is 2.74 bits per heavy atom. The largest absolute Gasteiger partial charge is 0.471 e. The van der Waals surface area contributed by atoms with Gasteiger partial charge in [-0.25, -0.2) is 4.98 Å². The van der Waals surface area contributed by atoms with Crippen LogP contribution in [0.3, 0.4) is 0 Å². The van der Waals surface area contributed by atoms with Crippen molar-refractivity contribution in [2.24, 2.45) is 0 Å². The van der Waals surface area contributed by atoms with Gasteiger partial charge in [0.15, 0.2) is 0 Å². The number of ether oxygens (including phenoxy) is 1. The third-order valence-corrected chi connectivity index (χ3v) is 3.07. The van der Waals surface area contributed by atoms with Gasteiger partial charge in [-0.1, -0.05) is 0 Å². The van der Waals surface area contributed by atoms with E-state index >= 15 is 0 Å². The Labute approximate surface area is 110 Å². The third kappa shape index (κ3) is 3.28. The molecule has 0 amide bonds. The molecule has 1 aliphatic rings. The van der Waals surface area contributed by atoms with Gasteiger partial charge < -0.3 is 10.5 Å². The lowest BCUT2D eigenvalue weighted by molar-refractivity contribution is -0.387. The predicted molar refractivity (Wildman–Crippen MR) is 69.0 cm³/mol. The van der Waals surface area contributed by atoms with Crippen molar-refractivity contribution in [2.45, 2.75) is 19.8 Å². The second-order valence-electron chi connectivity index (χ2n) is 4.48. The number of nitrogens with two attached hydrogens (primary N) is 1. The molecule has 0 unspecified atom stereocenters. The zero-order valence-electron chi connectivity index (χ0n) is 10.8. The van der Waals surface area contributed by atoms with E-state index in [0.29, 0.717) is 6.61 Å². The number of likely N-dealkylation sites (tertiary alicyclic amines) is 1. The minimum Gasteiger partial charge on any atom is -0.471 e. The second kappa shape index (κ2) is 5.79. The highest BCUT2D eigenvalue weighted by atomic mass is 16.6. The summed E-state index contributed by atoms with van der Waals surface area (Å²) in [5.41, 5.74) is 5.49. The molecule has 0 radical (unpaired) electrons. The molecule has 0 bridgehead atoms. The maximum atomic E-state index is 11.0. The Balaban J connectivity index is 2.03. The van der Waals surface area contributed by atoms with E-state index in [1.54, 1.807) is 0 Å². The summed E-state index contributed by atoms with van der Waals surface area (Å²) < 4.78 is 5.41. The lowest BCUT2D eigenvalue weighted by atomic mass is 10.3. The third-order valence-electron chi connectivity index (χ3n) is 3.07. The summed E-state index contributed by atoms with van der Waals surface area (Å²) >= 11 is 0. The molecule has 0 saturated carbocycles. The number of rotatable bonds is 5. The van der Waals surface area contributed by atoms with Crippen LogP contribution in [0.25, 0.3) is 0 Å². The molecule has 1 saturated heterocycles. The van der Waals surface area contributed by atoms with E-state index in [2.05, 4.69) is 14.9 Å². The fourth-order valence-corrected chi connectivity index (χ4v) is 2.15.